The van der Waals surface area contributed by atoms with Crippen LogP contribution in [0.4, 0.5) is 11.6 Å². The maximum absolute atomic E-state index is 11.9. The molecule has 92 valence electrons. The lowest BCUT2D eigenvalue weighted by Gasteiger charge is -2.06. The largest absolute Gasteiger partial charge is 0.373 e. The van der Waals surface area contributed by atoms with Gasteiger partial charge in [0.25, 0.3) is 5.91 Å². The molecular weight excluding hydrogens is 296 g/mol. The summed E-state index contributed by atoms with van der Waals surface area (Å²) in [4.78, 5) is 20.1. The molecule has 18 heavy (non-hydrogen) atoms. The summed E-state index contributed by atoms with van der Waals surface area (Å²) in [6.45, 7) is 0. The molecule has 2 rings (SSSR count). The van der Waals surface area contributed by atoms with Gasteiger partial charge in [0.15, 0.2) is 0 Å². The van der Waals surface area contributed by atoms with E-state index >= 15 is 0 Å². The van der Waals surface area contributed by atoms with Crippen molar-refractivity contribution in [3.63, 3.8) is 0 Å². The normalized spacial score (nSPS) is 9.89. The molecule has 0 radical (unpaired) electrons. The van der Waals surface area contributed by atoms with E-state index in [1.54, 1.807) is 31.4 Å². The molecule has 1 amide bonds. The first-order chi connectivity index (χ1) is 8.70. The van der Waals surface area contributed by atoms with Crippen LogP contribution in [0.2, 0.25) is 0 Å². The molecule has 0 bridgehead atoms. The van der Waals surface area contributed by atoms with Gasteiger partial charge < -0.3 is 10.6 Å². The SMILES string of the molecule is CNc1ccc(C(=O)Nc2ncccc2Br)cn1. The van der Waals surface area contributed by atoms with Crippen LogP contribution in [-0.2, 0) is 0 Å². The van der Waals surface area contributed by atoms with Gasteiger partial charge in [-0.2, -0.15) is 0 Å². The average Bonchev–Trinajstić information content (AvgIpc) is 2.41. The van der Waals surface area contributed by atoms with Crippen LogP contribution in [-0.4, -0.2) is 22.9 Å². The van der Waals surface area contributed by atoms with E-state index in [0.717, 1.165) is 4.47 Å². The van der Waals surface area contributed by atoms with E-state index in [1.165, 1.54) is 6.20 Å². The molecule has 6 heteroatoms. The zero-order valence-corrected chi connectivity index (χ0v) is 11.2. The van der Waals surface area contributed by atoms with Gasteiger partial charge in [-0.15, -0.1) is 0 Å². The van der Waals surface area contributed by atoms with E-state index in [-0.39, 0.29) is 5.91 Å². The van der Waals surface area contributed by atoms with E-state index < -0.39 is 0 Å². The summed E-state index contributed by atoms with van der Waals surface area (Å²) in [6, 6.07) is 7.03. The summed E-state index contributed by atoms with van der Waals surface area (Å²) >= 11 is 3.32. The zero-order valence-electron chi connectivity index (χ0n) is 9.64. The highest BCUT2D eigenvalue weighted by molar-refractivity contribution is 9.10. The maximum Gasteiger partial charge on any atom is 0.258 e. The fourth-order valence-corrected chi connectivity index (χ4v) is 1.69. The number of anilines is 2. The second-order valence-electron chi connectivity index (χ2n) is 3.47. The predicted octanol–water partition coefficient (Wildman–Crippen LogP) is 2.53. The Morgan fingerprint density at radius 3 is 2.72 bits per heavy atom. The van der Waals surface area contributed by atoms with Gasteiger partial charge in [0.2, 0.25) is 0 Å². The number of pyridine rings is 2. The third kappa shape index (κ3) is 2.84. The molecule has 2 aromatic heterocycles. The summed E-state index contributed by atoms with van der Waals surface area (Å²) in [5, 5.41) is 5.60. The first-order valence-electron chi connectivity index (χ1n) is 5.26. The fraction of sp³-hybridized carbons (Fsp3) is 0.0833. The predicted molar refractivity (Wildman–Crippen MR) is 73.7 cm³/mol. The second kappa shape index (κ2) is 5.59. The van der Waals surface area contributed by atoms with Crippen LogP contribution in [0.1, 0.15) is 10.4 Å². The number of halogens is 1. The Morgan fingerprint density at radius 1 is 1.28 bits per heavy atom. The highest BCUT2D eigenvalue weighted by Gasteiger charge is 2.09. The lowest BCUT2D eigenvalue weighted by molar-refractivity contribution is 0.102. The van der Waals surface area contributed by atoms with Crippen molar-refractivity contribution < 1.29 is 4.79 Å². The molecule has 0 unspecified atom stereocenters. The van der Waals surface area contributed by atoms with Gasteiger partial charge in [0.1, 0.15) is 11.6 Å². The van der Waals surface area contributed by atoms with E-state index in [4.69, 9.17) is 0 Å². The molecule has 0 aliphatic rings. The van der Waals surface area contributed by atoms with Crippen LogP contribution in [0.3, 0.4) is 0 Å². The highest BCUT2D eigenvalue weighted by Crippen LogP contribution is 2.19. The van der Waals surface area contributed by atoms with Crippen LogP contribution in [0, 0.1) is 0 Å². The number of nitrogens with one attached hydrogen (secondary N) is 2. The van der Waals surface area contributed by atoms with Gasteiger partial charge in [-0.25, -0.2) is 9.97 Å². The Morgan fingerprint density at radius 2 is 2.11 bits per heavy atom. The molecule has 0 saturated carbocycles. The standard InChI is InChI=1S/C12H11BrN4O/c1-14-10-5-4-8(7-16-10)12(18)17-11-9(13)3-2-6-15-11/h2-7H,1H3,(H,14,16)(H,15,17,18). The van der Waals surface area contributed by atoms with E-state index in [1.807, 2.05) is 6.07 Å². The van der Waals surface area contributed by atoms with Gasteiger partial charge in [0, 0.05) is 19.4 Å². The quantitative estimate of drug-likeness (QED) is 0.914. The van der Waals surface area contributed by atoms with Crippen molar-refractivity contribution in [1.29, 1.82) is 0 Å². The second-order valence-corrected chi connectivity index (χ2v) is 4.32. The van der Waals surface area contributed by atoms with Crippen molar-refractivity contribution >= 4 is 33.5 Å². The number of aromatic nitrogens is 2. The number of nitrogens with zero attached hydrogens (tertiary/aromatic N) is 2. The van der Waals surface area contributed by atoms with Crippen molar-refractivity contribution in [3.05, 3.63) is 46.7 Å². The monoisotopic (exact) mass is 306 g/mol. The Balaban J connectivity index is 2.14. The summed E-state index contributed by atoms with van der Waals surface area (Å²) < 4.78 is 0.734. The first-order valence-corrected chi connectivity index (χ1v) is 6.05. The van der Waals surface area contributed by atoms with Crippen LogP contribution in [0.5, 0.6) is 0 Å². The van der Waals surface area contributed by atoms with Crippen molar-refractivity contribution in [2.45, 2.75) is 0 Å². The van der Waals surface area contributed by atoms with Gasteiger partial charge in [-0.3, -0.25) is 4.79 Å². The van der Waals surface area contributed by atoms with Crippen LogP contribution < -0.4 is 10.6 Å². The molecule has 0 aliphatic heterocycles. The van der Waals surface area contributed by atoms with Crippen molar-refractivity contribution in [2.75, 3.05) is 17.7 Å². The third-order valence-corrected chi connectivity index (χ3v) is 2.91. The molecule has 0 fully saturated rings. The number of hydrogen-bond acceptors (Lipinski definition) is 4. The molecule has 0 saturated heterocycles. The van der Waals surface area contributed by atoms with Crippen molar-refractivity contribution in [3.8, 4) is 0 Å². The summed E-state index contributed by atoms with van der Waals surface area (Å²) in [5.41, 5.74) is 0.478. The molecule has 2 aromatic rings. The number of carbonyl (C=O) groups is 1. The van der Waals surface area contributed by atoms with Crippen LogP contribution >= 0.6 is 15.9 Å². The maximum atomic E-state index is 11.9. The first kappa shape index (κ1) is 12.5. The number of carbonyl (C=O) groups excluding carboxylic acids is 1. The topological polar surface area (TPSA) is 66.9 Å². The smallest absolute Gasteiger partial charge is 0.258 e. The summed E-state index contributed by atoms with van der Waals surface area (Å²) in [7, 11) is 1.77. The van der Waals surface area contributed by atoms with Gasteiger partial charge in [-0.05, 0) is 40.2 Å². The number of amides is 1. The van der Waals surface area contributed by atoms with Gasteiger partial charge in [0.05, 0.1) is 10.0 Å². The lowest BCUT2D eigenvalue weighted by atomic mass is 10.2. The van der Waals surface area contributed by atoms with Crippen molar-refractivity contribution in [1.82, 2.24) is 9.97 Å². The molecule has 0 aromatic carbocycles. The van der Waals surface area contributed by atoms with Crippen LogP contribution in [0.15, 0.2) is 41.1 Å². The third-order valence-electron chi connectivity index (χ3n) is 2.27. The fourth-order valence-electron chi connectivity index (χ4n) is 1.33. The van der Waals surface area contributed by atoms with Crippen molar-refractivity contribution in [2.24, 2.45) is 0 Å². The Labute approximate surface area is 113 Å². The van der Waals surface area contributed by atoms with E-state index in [2.05, 4.69) is 36.5 Å². The minimum atomic E-state index is -0.246. The van der Waals surface area contributed by atoms with Gasteiger partial charge in [-0.1, -0.05) is 0 Å². The Bertz CT molecular complexity index is 556. The number of hydrogen-bond donors (Lipinski definition) is 2. The number of rotatable bonds is 3. The lowest BCUT2D eigenvalue weighted by Crippen LogP contribution is -2.13. The molecule has 0 spiro atoms. The molecule has 5 nitrogen and oxygen atoms in total. The summed E-state index contributed by atoms with van der Waals surface area (Å²) in [5.74, 6) is 0.954. The highest BCUT2D eigenvalue weighted by atomic mass is 79.9. The molecule has 0 atom stereocenters. The average molecular weight is 307 g/mol. The molecule has 2 N–H and O–H groups in total. The summed E-state index contributed by atoms with van der Waals surface area (Å²) in [6.07, 6.45) is 3.13. The van der Waals surface area contributed by atoms with E-state index in [0.29, 0.717) is 17.2 Å². The molecular formula is C12H11BrN4O. The minimum absolute atomic E-state index is 0.246. The van der Waals surface area contributed by atoms with E-state index in [9.17, 15) is 4.79 Å². The minimum Gasteiger partial charge on any atom is -0.373 e. The Kier molecular flexibility index (Phi) is 3.88. The van der Waals surface area contributed by atoms with Gasteiger partial charge >= 0.3 is 0 Å². The van der Waals surface area contributed by atoms with Crippen LogP contribution in [0.25, 0.3) is 0 Å². The molecule has 2 heterocycles. The molecule has 0 aliphatic carbocycles. The Hall–Kier alpha value is -1.95. The zero-order chi connectivity index (χ0) is 13.0.